The fourth-order valence-corrected chi connectivity index (χ4v) is 4.61. The third kappa shape index (κ3) is 3.78. The maximum atomic E-state index is 12.9. The van der Waals surface area contributed by atoms with E-state index in [1.54, 1.807) is 56.5 Å². The van der Waals surface area contributed by atoms with Gasteiger partial charge in [0.05, 0.1) is 23.4 Å². The van der Waals surface area contributed by atoms with Crippen molar-refractivity contribution in [2.45, 2.75) is 17.3 Å². The standard InChI is InChI=1S/C25H19N3O4S/c1-13(33-25-27-20-10-8-15(32-2)12-21(20)28-25)24(31)26-14-7-9-18-19(11-14)23(30)17-6-4-3-5-16(17)22(18)29/h3-13H,1-2H3,(H,26,31)(H,27,28). The molecule has 4 aromatic rings. The molecule has 1 aliphatic rings. The van der Waals surface area contributed by atoms with Crippen LogP contribution in [0.2, 0.25) is 0 Å². The van der Waals surface area contributed by atoms with Crippen molar-refractivity contribution in [3.8, 4) is 5.75 Å². The average molecular weight is 458 g/mol. The number of carbonyl (C=O) groups is 3. The lowest BCUT2D eigenvalue weighted by molar-refractivity contribution is -0.115. The van der Waals surface area contributed by atoms with Gasteiger partial charge in [-0.2, -0.15) is 0 Å². The molecule has 0 bridgehead atoms. The second kappa shape index (κ2) is 8.22. The summed E-state index contributed by atoms with van der Waals surface area (Å²) in [5.41, 5.74) is 3.48. The van der Waals surface area contributed by atoms with Crippen LogP contribution in [0.15, 0.2) is 65.8 Å². The molecule has 1 heterocycles. The molecule has 1 unspecified atom stereocenters. The van der Waals surface area contributed by atoms with Crippen molar-refractivity contribution in [1.82, 2.24) is 9.97 Å². The number of fused-ring (bicyclic) bond motifs is 3. The summed E-state index contributed by atoms with van der Waals surface area (Å²) >= 11 is 1.29. The maximum absolute atomic E-state index is 12.9. The zero-order valence-corrected chi connectivity index (χ0v) is 18.7. The van der Waals surface area contributed by atoms with Crippen molar-refractivity contribution < 1.29 is 19.1 Å². The highest BCUT2D eigenvalue weighted by molar-refractivity contribution is 8.00. The number of aromatic nitrogens is 2. The number of benzene rings is 3. The van der Waals surface area contributed by atoms with Crippen molar-refractivity contribution in [3.05, 3.63) is 82.9 Å². The first-order chi connectivity index (χ1) is 15.9. The summed E-state index contributed by atoms with van der Waals surface area (Å²) in [4.78, 5) is 46.2. The fraction of sp³-hybridized carbons (Fsp3) is 0.120. The number of H-pyrrole nitrogens is 1. The smallest absolute Gasteiger partial charge is 0.237 e. The van der Waals surface area contributed by atoms with E-state index in [2.05, 4.69) is 15.3 Å². The summed E-state index contributed by atoms with van der Waals surface area (Å²) in [7, 11) is 1.60. The molecular formula is C25H19N3O4S. The minimum absolute atomic E-state index is 0.191. The lowest BCUT2D eigenvalue weighted by Crippen LogP contribution is -2.24. The summed E-state index contributed by atoms with van der Waals surface area (Å²) < 4.78 is 5.23. The van der Waals surface area contributed by atoms with Crippen LogP contribution < -0.4 is 10.1 Å². The summed E-state index contributed by atoms with van der Waals surface area (Å²) in [5.74, 6) is 0.0597. The number of aromatic amines is 1. The minimum atomic E-state index is -0.457. The molecule has 5 rings (SSSR count). The molecule has 164 valence electrons. The van der Waals surface area contributed by atoms with Crippen LogP contribution in [0.5, 0.6) is 5.75 Å². The predicted molar refractivity (Wildman–Crippen MR) is 126 cm³/mol. The predicted octanol–water partition coefficient (Wildman–Crippen LogP) is 4.47. The lowest BCUT2D eigenvalue weighted by Gasteiger charge is -2.18. The van der Waals surface area contributed by atoms with Gasteiger partial charge in [-0.15, -0.1) is 0 Å². The van der Waals surface area contributed by atoms with Crippen LogP contribution in [0.3, 0.4) is 0 Å². The van der Waals surface area contributed by atoms with Gasteiger partial charge in [-0.1, -0.05) is 36.0 Å². The number of ether oxygens (including phenoxy) is 1. The molecule has 0 radical (unpaired) electrons. The summed E-state index contributed by atoms with van der Waals surface area (Å²) in [6.07, 6.45) is 0. The molecule has 0 aliphatic heterocycles. The highest BCUT2D eigenvalue weighted by Gasteiger charge is 2.29. The lowest BCUT2D eigenvalue weighted by atomic mass is 9.84. The number of hydrogen-bond acceptors (Lipinski definition) is 6. The largest absolute Gasteiger partial charge is 0.497 e. The monoisotopic (exact) mass is 457 g/mol. The Balaban J connectivity index is 1.33. The number of ketones is 2. The molecule has 1 amide bonds. The van der Waals surface area contributed by atoms with E-state index in [1.807, 2.05) is 18.2 Å². The van der Waals surface area contributed by atoms with Gasteiger partial charge >= 0.3 is 0 Å². The van der Waals surface area contributed by atoms with Gasteiger partial charge in [0, 0.05) is 34.0 Å². The van der Waals surface area contributed by atoms with Crippen LogP contribution in [0.4, 0.5) is 5.69 Å². The number of methoxy groups -OCH3 is 1. The van der Waals surface area contributed by atoms with Gasteiger partial charge in [-0.3, -0.25) is 14.4 Å². The molecule has 1 atom stereocenters. The van der Waals surface area contributed by atoms with Gasteiger partial charge in [0.1, 0.15) is 5.75 Å². The number of carbonyl (C=O) groups excluding carboxylic acids is 3. The van der Waals surface area contributed by atoms with Crippen molar-refractivity contribution >= 4 is 46.0 Å². The number of nitrogens with one attached hydrogen (secondary N) is 2. The van der Waals surface area contributed by atoms with E-state index in [-0.39, 0.29) is 17.5 Å². The first-order valence-electron chi connectivity index (χ1n) is 10.3. The second-order valence-corrected chi connectivity index (χ2v) is 8.97. The molecule has 7 nitrogen and oxygen atoms in total. The Morgan fingerprint density at radius 1 is 0.970 bits per heavy atom. The molecule has 3 aromatic carbocycles. The quantitative estimate of drug-likeness (QED) is 0.378. The van der Waals surface area contributed by atoms with E-state index in [0.717, 1.165) is 16.8 Å². The van der Waals surface area contributed by atoms with Crippen LogP contribution in [-0.4, -0.2) is 39.8 Å². The van der Waals surface area contributed by atoms with Gasteiger partial charge in [-0.05, 0) is 37.3 Å². The van der Waals surface area contributed by atoms with E-state index < -0.39 is 5.25 Å². The Kier molecular flexibility index (Phi) is 5.22. The maximum Gasteiger partial charge on any atom is 0.237 e. The Morgan fingerprint density at radius 2 is 1.67 bits per heavy atom. The van der Waals surface area contributed by atoms with E-state index in [4.69, 9.17) is 4.74 Å². The summed E-state index contributed by atoms with van der Waals surface area (Å²) in [6, 6.07) is 17.1. The van der Waals surface area contributed by atoms with Crippen LogP contribution in [0.1, 0.15) is 38.8 Å². The third-order valence-electron chi connectivity index (χ3n) is 5.52. The molecule has 0 fully saturated rings. The number of nitrogens with zero attached hydrogens (tertiary/aromatic N) is 1. The van der Waals surface area contributed by atoms with Crippen molar-refractivity contribution in [2.75, 3.05) is 12.4 Å². The zero-order valence-electron chi connectivity index (χ0n) is 17.8. The van der Waals surface area contributed by atoms with Crippen molar-refractivity contribution in [3.63, 3.8) is 0 Å². The first-order valence-corrected chi connectivity index (χ1v) is 11.2. The second-order valence-electron chi connectivity index (χ2n) is 7.64. The molecule has 1 aromatic heterocycles. The van der Waals surface area contributed by atoms with Gasteiger partial charge in [-0.25, -0.2) is 4.98 Å². The Morgan fingerprint density at radius 3 is 2.39 bits per heavy atom. The molecule has 2 N–H and O–H groups in total. The Labute approximate surface area is 193 Å². The normalized spacial score (nSPS) is 13.4. The molecule has 1 aliphatic carbocycles. The van der Waals surface area contributed by atoms with E-state index in [9.17, 15) is 14.4 Å². The van der Waals surface area contributed by atoms with Crippen molar-refractivity contribution in [1.29, 1.82) is 0 Å². The molecule has 0 saturated carbocycles. The average Bonchev–Trinajstić information content (AvgIpc) is 3.23. The number of anilines is 1. The third-order valence-corrected chi connectivity index (χ3v) is 6.50. The SMILES string of the molecule is COc1ccc2nc(SC(C)C(=O)Nc3ccc4c(c3)C(=O)c3ccccc3C4=O)[nH]c2c1. The van der Waals surface area contributed by atoms with Crippen LogP contribution >= 0.6 is 11.8 Å². The Hall–Kier alpha value is -3.91. The van der Waals surface area contributed by atoms with Crippen LogP contribution in [0.25, 0.3) is 11.0 Å². The summed E-state index contributed by atoms with van der Waals surface area (Å²) in [5, 5.41) is 3.00. The highest BCUT2D eigenvalue weighted by atomic mass is 32.2. The first kappa shape index (κ1) is 21.0. The number of hydrogen-bond donors (Lipinski definition) is 2. The summed E-state index contributed by atoms with van der Waals surface area (Å²) in [6.45, 7) is 1.77. The van der Waals surface area contributed by atoms with Gasteiger partial charge in [0.2, 0.25) is 5.91 Å². The van der Waals surface area contributed by atoms with Gasteiger partial charge in [0.25, 0.3) is 0 Å². The van der Waals surface area contributed by atoms with E-state index in [0.29, 0.717) is 33.1 Å². The molecule has 8 heteroatoms. The van der Waals surface area contributed by atoms with E-state index >= 15 is 0 Å². The van der Waals surface area contributed by atoms with E-state index in [1.165, 1.54) is 11.8 Å². The van der Waals surface area contributed by atoms with Crippen LogP contribution in [0, 0.1) is 0 Å². The molecule has 33 heavy (non-hydrogen) atoms. The molecule has 0 saturated heterocycles. The minimum Gasteiger partial charge on any atom is -0.497 e. The molecule has 0 spiro atoms. The number of thioether (sulfide) groups is 1. The number of imidazole rings is 1. The highest BCUT2D eigenvalue weighted by Crippen LogP contribution is 2.30. The topological polar surface area (TPSA) is 101 Å². The van der Waals surface area contributed by atoms with Crippen LogP contribution in [-0.2, 0) is 4.79 Å². The molecular weight excluding hydrogens is 438 g/mol. The van der Waals surface area contributed by atoms with Crippen molar-refractivity contribution in [2.24, 2.45) is 0 Å². The number of amides is 1. The number of rotatable bonds is 5. The zero-order chi connectivity index (χ0) is 23.1. The van der Waals surface area contributed by atoms with Gasteiger partial charge in [0.15, 0.2) is 16.7 Å². The van der Waals surface area contributed by atoms with Gasteiger partial charge < -0.3 is 15.0 Å². The Bertz CT molecular complexity index is 1440. The fourth-order valence-electron chi connectivity index (χ4n) is 3.79.